The number of likely N-dealkylation sites (N-methyl/N-ethyl adjacent to an activating group) is 1. The minimum absolute atomic E-state index is 0.205. The molecule has 1 aliphatic heterocycles. The van der Waals surface area contributed by atoms with E-state index in [9.17, 15) is 22.8 Å². The zero-order valence-electron chi connectivity index (χ0n) is 20.6. The standard InChI is InChI=1S/C27H25F3N2O4S/c1-32-24(15-5-11-18(37-4)12-6-15)23(19-13-21(35-2)22(36-3)14-20(19)26(32)34)25(33)31-17-9-7-16(8-10-17)27(28,29)30/h5-14,23-24H,1-4H3,(H,31,33)/t23-,24+/m0/s1. The van der Waals surface area contributed by atoms with Crippen LogP contribution in [0.1, 0.15) is 39.0 Å². The Balaban J connectivity index is 1.82. The summed E-state index contributed by atoms with van der Waals surface area (Å²) in [6.07, 6.45) is -2.54. The van der Waals surface area contributed by atoms with Gasteiger partial charge in [0.2, 0.25) is 5.91 Å². The SMILES string of the molecule is COc1cc2c(cc1OC)[C@H](C(=O)Nc1ccc(C(F)(F)F)cc1)[C@@H](c1ccc(SC)cc1)N(C)C2=O. The van der Waals surface area contributed by atoms with Crippen molar-refractivity contribution >= 4 is 29.3 Å². The van der Waals surface area contributed by atoms with E-state index >= 15 is 0 Å². The number of anilines is 1. The highest BCUT2D eigenvalue weighted by Gasteiger charge is 2.43. The highest BCUT2D eigenvalue weighted by Crippen LogP contribution is 2.46. The molecular weight excluding hydrogens is 505 g/mol. The van der Waals surface area contributed by atoms with Crippen molar-refractivity contribution in [2.75, 3.05) is 32.8 Å². The van der Waals surface area contributed by atoms with E-state index in [1.165, 1.54) is 31.3 Å². The molecule has 0 spiro atoms. The average Bonchev–Trinajstić information content (AvgIpc) is 2.89. The number of thioether (sulfide) groups is 1. The van der Waals surface area contributed by atoms with Gasteiger partial charge in [0.25, 0.3) is 5.91 Å². The summed E-state index contributed by atoms with van der Waals surface area (Å²) in [5.74, 6) is -0.977. The summed E-state index contributed by atoms with van der Waals surface area (Å²) in [4.78, 5) is 29.7. The fraction of sp³-hybridized carbons (Fsp3) is 0.259. The molecule has 194 valence electrons. The van der Waals surface area contributed by atoms with Crippen LogP contribution in [0.4, 0.5) is 18.9 Å². The minimum Gasteiger partial charge on any atom is -0.493 e. The molecule has 3 aromatic carbocycles. The van der Waals surface area contributed by atoms with Gasteiger partial charge in [-0.15, -0.1) is 11.8 Å². The van der Waals surface area contributed by atoms with Crippen LogP contribution in [0.2, 0.25) is 0 Å². The molecule has 0 radical (unpaired) electrons. The van der Waals surface area contributed by atoms with Crippen molar-refractivity contribution in [2.24, 2.45) is 0 Å². The molecule has 1 heterocycles. The molecule has 2 amide bonds. The lowest BCUT2D eigenvalue weighted by molar-refractivity contribution is -0.137. The van der Waals surface area contributed by atoms with E-state index < -0.39 is 29.6 Å². The fourth-order valence-corrected chi connectivity index (χ4v) is 4.92. The topological polar surface area (TPSA) is 67.9 Å². The maximum absolute atomic E-state index is 13.8. The number of ether oxygens (including phenoxy) is 2. The quantitative estimate of drug-likeness (QED) is 0.397. The van der Waals surface area contributed by atoms with Crippen LogP contribution in [0.15, 0.2) is 65.6 Å². The largest absolute Gasteiger partial charge is 0.493 e. The zero-order chi connectivity index (χ0) is 26.9. The molecule has 4 rings (SSSR count). The number of fused-ring (bicyclic) bond motifs is 1. The van der Waals surface area contributed by atoms with E-state index in [1.54, 1.807) is 30.9 Å². The number of nitrogens with zero attached hydrogens (tertiary/aromatic N) is 1. The van der Waals surface area contributed by atoms with Crippen LogP contribution in [-0.4, -0.2) is 44.2 Å². The number of hydrogen-bond acceptors (Lipinski definition) is 5. The molecule has 0 bridgehead atoms. The minimum atomic E-state index is -4.49. The molecule has 1 N–H and O–H groups in total. The summed E-state index contributed by atoms with van der Waals surface area (Å²) in [5.41, 5.74) is 0.842. The van der Waals surface area contributed by atoms with Gasteiger partial charge in [-0.1, -0.05) is 12.1 Å². The van der Waals surface area contributed by atoms with Gasteiger partial charge in [0.15, 0.2) is 11.5 Å². The average molecular weight is 531 g/mol. The van der Waals surface area contributed by atoms with Gasteiger partial charge >= 0.3 is 6.18 Å². The molecule has 6 nitrogen and oxygen atoms in total. The number of methoxy groups -OCH3 is 2. The summed E-state index contributed by atoms with van der Waals surface area (Å²) in [7, 11) is 4.52. The second-order valence-corrected chi connectivity index (χ2v) is 9.35. The maximum Gasteiger partial charge on any atom is 0.416 e. The summed E-state index contributed by atoms with van der Waals surface area (Å²) >= 11 is 1.56. The monoisotopic (exact) mass is 530 g/mol. The molecule has 3 aromatic rings. The van der Waals surface area contributed by atoms with E-state index in [2.05, 4.69) is 5.32 Å². The molecule has 0 aliphatic carbocycles. The fourth-order valence-electron chi connectivity index (χ4n) is 4.51. The first-order valence-electron chi connectivity index (χ1n) is 11.2. The van der Waals surface area contributed by atoms with Gasteiger partial charge in [-0.25, -0.2) is 0 Å². The predicted molar refractivity (Wildman–Crippen MR) is 135 cm³/mol. The molecule has 0 unspecified atom stereocenters. The van der Waals surface area contributed by atoms with E-state index in [0.29, 0.717) is 17.1 Å². The first-order valence-corrected chi connectivity index (χ1v) is 12.5. The second-order valence-electron chi connectivity index (χ2n) is 8.47. The van der Waals surface area contributed by atoms with E-state index in [-0.39, 0.29) is 17.2 Å². The van der Waals surface area contributed by atoms with Gasteiger partial charge in [0.05, 0.1) is 31.7 Å². The summed E-state index contributed by atoms with van der Waals surface area (Å²) in [5, 5.41) is 2.73. The Morgan fingerprint density at radius 2 is 1.57 bits per heavy atom. The van der Waals surface area contributed by atoms with Crippen molar-refractivity contribution in [1.29, 1.82) is 0 Å². The highest BCUT2D eigenvalue weighted by atomic mass is 32.2. The Morgan fingerprint density at radius 1 is 0.973 bits per heavy atom. The highest BCUT2D eigenvalue weighted by molar-refractivity contribution is 7.98. The van der Waals surface area contributed by atoms with Crippen LogP contribution in [-0.2, 0) is 11.0 Å². The summed E-state index contributed by atoms with van der Waals surface area (Å²) in [6, 6.07) is 14.3. The molecular formula is C27H25F3N2O4S. The molecule has 37 heavy (non-hydrogen) atoms. The van der Waals surface area contributed by atoms with Crippen molar-refractivity contribution in [3.05, 3.63) is 82.9 Å². The Hall–Kier alpha value is -3.66. The lowest BCUT2D eigenvalue weighted by Gasteiger charge is -2.40. The van der Waals surface area contributed by atoms with Crippen molar-refractivity contribution in [1.82, 2.24) is 4.90 Å². The number of carbonyl (C=O) groups is 2. The maximum atomic E-state index is 13.8. The molecule has 0 aromatic heterocycles. The van der Waals surface area contributed by atoms with Gasteiger partial charge in [-0.05, 0) is 65.9 Å². The first-order chi connectivity index (χ1) is 17.6. The van der Waals surface area contributed by atoms with Crippen LogP contribution >= 0.6 is 11.8 Å². The molecule has 1 aliphatic rings. The smallest absolute Gasteiger partial charge is 0.416 e. The number of halogens is 3. The van der Waals surface area contributed by atoms with Crippen LogP contribution in [0.3, 0.4) is 0 Å². The number of benzene rings is 3. The Bertz CT molecular complexity index is 1310. The lowest BCUT2D eigenvalue weighted by atomic mass is 9.79. The molecule has 0 saturated heterocycles. The molecule has 2 atom stereocenters. The third-order valence-corrected chi connectivity index (χ3v) is 7.14. The molecule has 10 heteroatoms. The van der Waals surface area contributed by atoms with Gasteiger partial charge in [0, 0.05) is 23.2 Å². The van der Waals surface area contributed by atoms with E-state index in [0.717, 1.165) is 22.6 Å². The van der Waals surface area contributed by atoms with Crippen LogP contribution in [0, 0.1) is 0 Å². The van der Waals surface area contributed by atoms with Gasteiger partial charge < -0.3 is 19.7 Å². The van der Waals surface area contributed by atoms with Crippen molar-refractivity contribution < 1.29 is 32.2 Å². The van der Waals surface area contributed by atoms with Crippen molar-refractivity contribution in [3.8, 4) is 11.5 Å². The number of rotatable bonds is 6. The van der Waals surface area contributed by atoms with E-state index in [1.807, 2.05) is 30.5 Å². The van der Waals surface area contributed by atoms with Gasteiger partial charge in [0.1, 0.15) is 0 Å². The first kappa shape index (κ1) is 26.4. The summed E-state index contributed by atoms with van der Waals surface area (Å²) < 4.78 is 49.8. The Labute approximate surface area is 216 Å². The number of amides is 2. The van der Waals surface area contributed by atoms with Crippen LogP contribution in [0.5, 0.6) is 11.5 Å². The normalized spacial score (nSPS) is 17.3. The van der Waals surface area contributed by atoms with Gasteiger partial charge in [-0.3, -0.25) is 9.59 Å². The predicted octanol–water partition coefficient (Wildman–Crippen LogP) is 5.99. The van der Waals surface area contributed by atoms with Crippen LogP contribution in [0.25, 0.3) is 0 Å². The van der Waals surface area contributed by atoms with Crippen LogP contribution < -0.4 is 14.8 Å². The Morgan fingerprint density at radius 3 is 2.11 bits per heavy atom. The molecule has 0 fully saturated rings. The summed E-state index contributed by atoms with van der Waals surface area (Å²) in [6.45, 7) is 0. The number of carbonyl (C=O) groups excluding carboxylic acids is 2. The Kier molecular flexibility index (Phi) is 7.40. The number of nitrogens with one attached hydrogen (secondary N) is 1. The zero-order valence-corrected chi connectivity index (χ0v) is 21.4. The van der Waals surface area contributed by atoms with Gasteiger partial charge in [-0.2, -0.15) is 13.2 Å². The third kappa shape index (κ3) is 5.11. The third-order valence-electron chi connectivity index (χ3n) is 6.39. The second kappa shape index (κ2) is 10.4. The number of alkyl halides is 3. The number of hydrogen-bond donors (Lipinski definition) is 1. The van der Waals surface area contributed by atoms with Crippen molar-refractivity contribution in [3.63, 3.8) is 0 Å². The van der Waals surface area contributed by atoms with E-state index in [4.69, 9.17) is 9.47 Å². The van der Waals surface area contributed by atoms with Crippen molar-refractivity contribution in [2.45, 2.75) is 23.0 Å². The molecule has 0 saturated carbocycles. The lowest BCUT2D eigenvalue weighted by Crippen LogP contribution is -2.44.